The van der Waals surface area contributed by atoms with Gasteiger partial charge in [0.2, 0.25) is 5.91 Å². The number of aromatic nitrogens is 1. The third kappa shape index (κ3) is 3.83. The topological polar surface area (TPSA) is 65.8 Å². The fraction of sp³-hybridized carbons (Fsp3) is 0.0714. The van der Waals surface area contributed by atoms with Crippen molar-refractivity contribution < 1.29 is 4.79 Å². The molecule has 0 aliphatic heterocycles. The second-order valence-electron chi connectivity index (χ2n) is 3.78. The van der Waals surface area contributed by atoms with Crippen LogP contribution in [0.25, 0.3) is 0 Å². The van der Waals surface area contributed by atoms with Gasteiger partial charge in [-0.3, -0.25) is 4.79 Å². The lowest BCUT2D eigenvalue weighted by atomic mass is 10.2. The number of hydrogen-bond donors (Lipinski definition) is 1. The van der Waals surface area contributed by atoms with E-state index < -0.39 is 0 Å². The Kier molecular flexibility index (Phi) is 5.16. The predicted molar refractivity (Wildman–Crippen MR) is 82.4 cm³/mol. The van der Waals surface area contributed by atoms with Crippen LogP contribution in [0.1, 0.15) is 5.56 Å². The Bertz CT molecular complexity index is 669. The van der Waals surface area contributed by atoms with Crippen molar-refractivity contribution >= 4 is 39.3 Å². The summed E-state index contributed by atoms with van der Waals surface area (Å²) in [5.41, 5.74) is 0.977. The molecule has 2 aromatic rings. The highest BCUT2D eigenvalue weighted by Crippen LogP contribution is 2.24. The van der Waals surface area contributed by atoms with E-state index in [4.69, 9.17) is 5.26 Å². The van der Waals surface area contributed by atoms with E-state index in [1.807, 2.05) is 18.2 Å². The number of thioether (sulfide) groups is 1. The van der Waals surface area contributed by atoms with E-state index in [2.05, 4.69) is 26.2 Å². The van der Waals surface area contributed by atoms with Crippen molar-refractivity contribution in [3.63, 3.8) is 0 Å². The molecule has 0 atom stereocenters. The number of para-hydroxylation sites is 1. The lowest BCUT2D eigenvalue weighted by Gasteiger charge is -2.06. The van der Waals surface area contributed by atoms with Crippen LogP contribution in [0.2, 0.25) is 0 Å². The molecule has 0 fully saturated rings. The Morgan fingerprint density at radius 2 is 2.15 bits per heavy atom. The largest absolute Gasteiger partial charge is 0.324 e. The summed E-state index contributed by atoms with van der Waals surface area (Å²) in [6, 6.07) is 12.6. The summed E-state index contributed by atoms with van der Waals surface area (Å²) in [5.74, 6) is 0.0605. The van der Waals surface area contributed by atoms with Gasteiger partial charge in [0.1, 0.15) is 11.1 Å². The zero-order valence-corrected chi connectivity index (χ0v) is 12.7. The molecule has 1 aromatic carbocycles. The van der Waals surface area contributed by atoms with Crippen LogP contribution in [-0.2, 0) is 4.79 Å². The Labute approximate surface area is 129 Å². The van der Waals surface area contributed by atoms with Crippen LogP contribution >= 0.6 is 27.7 Å². The molecule has 6 heteroatoms. The number of rotatable bonds is 4. The number of nitrogens with zero attached hydrogens (tertiary/aromatic N) is 2. The fourth-order valence-corrected chi connectivity index (χ4v) is 2.77. The lowest BCUT2D eigenvalue weighted by molar-refractivity contribution is -0.113. The van der Waals surface area contributed by atoms with Crippen LogP contribution < -0.4 is 5.32 Å². The van der Waals surface area contributed by atoms with Gasteiger partial charge in [0.05, 0.1) is 17.0 Å². The van der Waals surface area contributed by atoms with Crippen molar-refractivity contribution in [3.05, 3.63) is 52.6 Å². The monoisotopic (exact) mass is 347 g/mol. The Hall–Kier alpha value is -1.84. The smallest absolute Gasteiger partial charge is 0.234 e. The Balaban J connectivity index is 1.97. The zero-order chi connectivity index (χ0) is 14.4. The summed E-state index contributed by atoms with van der Waals surface area (Å²) in [7, 11) is 0. The lowest BCUT2D eigenvalue weighted by Crippen LogP contribution is -2.15. The Morgan fingerprint density at radius 1 is 1.35 bits per heavy atom. The molecule has 100 valence electrons. The van der Waals surface area contributed by atoms with Gasteiger partial charge in [-0.1, -0.05) is 23.9 Å². The summed E-state index contributed by atoms with van der Waals surface area (Å²) in [6.07, 6.45) is 1.68. The number of pyridine rings is 1. The van der Waals surface area contributed by atoms with Crippen molar-refractivity contribution in [1.29, 1.82) is 5.26 Å². The second kappa shape index (κ2) is 7.08. The SMILES string of the molecule is N#Cc1ccccc1NC(=O)CSc1ncccc1Br. The minimum Gasteiger partial charge on any atom is -0.324 e. The number of anilines is 1. The number of carbonyl (C=O) groups excluding carboxylic acids is 1. The van der Waals surface area contributed by atoms with Crippen molar-refractivity contribution in [2.45, 2.75) is 5.03 Å². The maximum atomic E-state index is 11.9. The molecule has 1 N–H and O–H groups in total. The molecule has 0 saturated carbocycles. The van der Waals surface area contributed by atoms with Crippen LogP contribution in [-0.4, -0.2) is 16.6 Å². The molecule has 0 aliphatic rings. The molecule has 1 amide bonds. The molecule has 20 heavy (non-hydrogen) atoms. The molecule has 4 nitrogen and oxygen atoms in total. The molecular weight excluding hydrogens is 338 g/mol. The van der Waals surface area contributed by atoms with Gasteiger partial charge < -0.3 is 5.32 Å². The maximum absolute atomic E-state index is 11.9. The minimum atomic E-state index is -0.171. The van der Waals surface area contributed by atoms with Crippen LogP contribution in [0.3, 0.4) is 0 Å². The molecule has 0 bridgehead atoms. The van der Waals surface area contributed by atoms with E-state index in [0.717, 1.165) is 9.50 Å². The number of benzene rings is 1. The third-order valence-corrected chi connectivity index (χ3v) is 4.29. The van der Waals surface area contributed by atoms with E-state index in [-0.39, 0.29) is 11.7 Å². The summed E-state index contributed by atoms with van der Waals surface area (Å²) in [5, 5.41) is 12.4. The molecule has 0 unspecified atom stereocenters. The van der Waals surface area contributed by atoms with Gasteiger partial charge in [-0.25, -0.2) is 4.98 Å². The van der Waals surface area contributed by atoms with E-state index in [1.54, 1.807) is 30.5 Å². The first-order valence-corrected chi connectivity index (χ1v) is 7.51. The number of nitrogens with one attached hydrogen (secondary N) is 1. The van der Waals surface area contributed by atoms with Crippen molar-refractivity contribution in [2.24, 2.45) is 0 Å². The average molecular weight is 348 g/mol. The molecule has 0 aliphatic carbocycles. The molecule has 2 rings (SSSR count). The first kappa shape index (κ1) is 14.6. The molecule has 0 spiro atoms. The zero-order valence-electron chi connectivity index (χ0n) is 10.3. The highest BCUT2D eigenvalue weighted by molar-refractivity contribution is 9.10. The molecule has 0 saturated heterocycles. The normalized spacial score (nSPS) is 9.80. The predicted octanol–water partition coefficient (Wildman–Crippen LogP) is 3.45. The third-order valence-electron chi connectivity index (χ3n) is 2.39. The van der Waals surface area contributed by atoms with E-state index in [0.29, 0.717) is 11.3 Å². The molecule has 1 aromatic heterocycles. The summed E-state index contributed by atoms with van der Waals surface area (Å²) in [4.78, 5) is 16.1. The van der Waals surface area contributed by atoms with Crippen LogP contribution in [0.5, 0.6) is 0 Å². The first-order chi connectivity index (χ1) is 9.70. The average Bonchev–Trinajstić information content (AvgIpc) is 2.47. The standard InChI is InChI=1S/C14H10BrN3OS/c15-11-5-3-7-17-14(11)20-9-13(19)18-12-6-2-1-4-10(12)8-16/h1-7H,9H2,(H,18,19). The first-order valence-electron chi connectivity index (χ1n) is 5.73. The summed E-state index contributed by atoms with van der Waals surface area (Å²) < 4.78 is 0.857. The summed E-state index contributed by atoms with van der Waals surface area (Å²) in [6.45, 7) is 0. The fourth-order valence-electron chi connectivity index (χ4n) is 1.49. The van der Waals surface area contributed by atoms with Gasteiger partial charge >= 0.3 is 0 Å². The van der Waals surface area contributed by atoms with Gasteiger partial charge in [0.25, 0.3) is 0 Å². The van der Waals surface area contributed by atoms with Gasteiger partial charge in [-0.05, 0) is 40.2 Å². The quantitative estimate of drug-likeness (QED) is 0.860. The highest BCUT2D eigenvalue weighted by atomic mass is 79.9. The number of hydrogen-bond acceptors (Lipinski definition) is 4. The van der Waals surface area contributed by atoms with Gasteiger partial charge in [0.15, 0.2) is 0 Å². The van der Waals surface area contributed by atoms with Crippen molar-refractivity contribution in [1.82, 2.24) is 4.98 Å². The van der Waals surface area contributed by atoms with Crippen LogP contribution in [0.15, 0.2) is 52.1 Å². The van der Waals surface area contributed by atoms with E-state index >= 15 is 0 Å². The van der Waals surface area contributed by atoms with Crippen LogP contribution in [0.4, 0.5) is 5.69 Å². The van der Waals surface area contributed by atoms with Crippen molar-refractivity contribution in [3.8, 4) is 6.07 Å². The molecule has 1 heterocycles. The molecular formula is C14H10BrN3OS. The van der Waals surface area contributed by atoms with Gasteiger partial charge in [-0.2, -0.15) is 5.26 Å². The number of carbonyl (C=O) groups is 1. The number of halogens is 1. The van der Waals surface area contributed by atoms with Crippen molar-refractivity contribution in [2.75, 3.05) is 11.1 Å². The summed E-state index contributed by atoms with van der Waals surface area (Å²) >= 11 is 4.71. The molecule has 0 radical (unpaired) electrons. The van der Waals surface area contributed by atoms with Crippen LogP contribution in [0, 0.1) is 11.3 Å². The minimum absolute atomic E-state index is 0.171. The highest BCUT2D eigenvalue weighted by Gasteiger charge is 2.08. The van der Waals surface area contributed by atoms with E-state index in [1.165, 1.54) is 11.8 Å². The van der Waals surface area contributed by atoms with Gasteiger partial charge in [0, 0.05) is 10.7 Å². The van der Waals surface area contributed by atoms with E-state index in [9.17, 15) is 4.79 Å². The maximum Gasteiger partial charge on any atom is 0.234 e. The number of nitriles is 1. The Morgan fingerprint density at radius 3 is 2.90 bits per heavy atom. The van der Waals surface area contributed by atoms with Gasteiger partial charge in [-0.15, -0.1) is 0 Å². The number of amides is 1. The second-order valence-corrected chi connectivity index (χ2v) is 5.60.